The molecule has 4 rings (SSSR count). The highest BCUT2D eigenvalue weighted by Gasteiger charge is 2.53. The first-order valence-electron chi connectivity index (χ1n) is 14.1. The largest absolute Gasteiger partial charge is 0.348 e. The number of amides is 1. The highest BCUT2D eigenvalue weighted by molar-refractivity contribution is 7.91. The summed E-state index contributed by atoms with van der Waals surface area (Å²) in [5.41, 5.74) is 1.24. The molecule has 0 N–H and O–H groups in total. The first-order valence-corrected chi connectivity index (χ1v) is 16.7. The van der Waals surface area contributed by atoms with E-state index in [0.29, 0.717) is 42.3 Å². The van der Waals surface area contributed by atoms with Gasteiger partial charge in [-0.1, -0.05) is 68.2 Å². The van der Waals surface area contributed by atoms with E-state index >= 15 is 0 Å². The fourth-order valence-corrected chi connectivity index (χ4v) is 7.58. The summed E-state index contributed by atoms with van der Waals surface area (Å²) in [6.45, 7) is 9.89. The summed E-state index contributed by atoms with van der Waals surface area (Å²) in [5.74, 6) is -0.660. The fraction of sp³-hybridized carbons (Fsp3) is 0.581. The van der Waals surface area contributed by atoms with Crippen LogP contribution in [0.3, 0.4) is 0 Å². The lowest BCUT2D eigenvalue weighted by Gasteiger charge is -2.52. The van der Waals surface area contributed by atoms with Crippen molar-refractivity contribution in [2.45, 2.75) is 90.2 Å². The van der Waals surface area contributed by atoms with Gasteiger partial charge in [0, 0.05) is 33.2 Å². The van der Waals surface area contributed by atoms with Gasteiger partial charge in [-0.25, -0.2) is 8.42 Å². The minimum absolute atomic E-state index is 0.0137. The fourth-order valence-electron chi connectivity index (χ4n) is 6.34. The third kappa shape index (κ3) is 7.04. The number of rotatable bonds is 10. The standard InChI is InChI=1S/C31H41Cl2NO5S/c1-6-25(15-16-40(36,37)7-2)34-28(21-11-13-23(32)14-12-21)27(22-9-8-10-24(33)17-22)19-31(5,29(34)35)18-26-20-38-30(3,4)39-26/h8-14,17,25-28H,6-7,15-16,18-20H2,1-5H3/t25-,26?,27+,28+,31-/m0/s1. The van der Waals surface area contributed by atoms with Gasteiger partial charge in [0.05, 0.1) is 24.5 Å². The van der Waals surface area contributed by atoms with Crippen LogP contribution in [0.2, 0.25) is 10.0 Å². The Balaban J connectivity index is 1.83. The second-order valence-electron chi connectivity index (χ2n) is 11.9. The third-order valence-electron chi connectivity index (χ3n) is 8.40. The minimum atomic E-state index is -3.21. The van der Waals surface area contributed by atoms with Gasteiger partial charge in [0.2, 0.25) is 5.91 Å². The molecule has 1 amide bonds. The van der Waals surface area contributed by atoms with Gasteiger partial charge < -0.3 is 14.4 Å². The van der Waals surface area contributed by atoms with Crippen LogP contribution in [0.4, 0.5) is 0 Å². The molecule has 0 aromatic heterocycles. The van der Waals surface area contributed by atoms with Crippen LogP contribution in [0.1, 0.15) is 83.4 Å². The van der Waals surface area contributed by atoms with E-state index < -0.39 is 21.0 Å². The highest BCUT2D eigenvalue weighted by atomic mass is 35.5. The Hall–Kier alpha value is -1.64. The molecule has 2 heterocycles. The molecule has 0 aliphatic carbocycles. The lowest BCUT2D eigenvalue weighted by molar-refractivity contribution is -0.163. The summed E-state index contributed by atoms with van der Waals surface area (Å²) in [6, 6.07) is 14.9. The highest BCUT2D eigenvalue weighted by Crippen LogP contribution is 2.53. The molecule has 0 saturated carbocycles. The molecule has 2 aromatic carbocycles. The molecule has 9 heteroatoms. The molecule has 6 nitrogen and oxygen atoms in total. The number of hydrogen-bond donors (Lipinski definition) is 0. The topological polar surface area (TPSA) is 72.9 Å². The quantitative estimate of drug-likeness (QED) is 0.285. The predicted octanol–water partition coefficient (Wildman–Crippen LogP) is 7.20. The lowest BCUT2D eigenvalue weighted by Crippen LogP contribution is -2.56. The Morgan fingerprint density at radius 3 is 2.30 bits per heavy atom. The molecule has 0 radical (unpaired) electrons. The zero-order valence-corrected chi connectivity index (χ0v) is 26.4. The van der Waals surface area contributed by atoms with Crippen molar-refractivity contribution < 1.29 is 22.7 Å². The predicted molar refractivity (Wildman–Crippen MR) is 161 cm³/mol. The molecule has 1 unspecified atom stereocenters. The van der Waals surface area contributed by atoms with E-state index in [1.54, 1.807) is 6.92 Å². The summed E-state index contributed by atoms with van der Waals surface area (Å²) in [6.07, 6.45) is 1.86. The average molecular weight is 611 g/mol. The molecule has 0 spiro atoms. The summed E-state index contributed by atoms with van der Waals surface area (Å²) in [7, 11) is -3.21. The van der Waals surface area contributed by atoms with Crippen molar-refractivity contribution in [2.75, 3.05) is 18.1 Å². The SMILES string of the molecule is CC[C@@H](CCS(=O)(=O)CC)N1C(=O)[C@@](C)(CC2COC(C)(C)O2)C[C@H](c2cccc(Cl)c2)[C@H]1c1ccc(Cl)cc1. The Bertz CT molecular complexity index is 1300. The van der Waals surface area contributed by atoms with Crippen LogP contribution in [-0.4, -0.2) is 55.3 Å². The second-order valence-corrected chi connectivity index (χ2v) is 15.2. The molecule has 5 atom stereocenters. The number of nitrogens with zero attached hydrogens (tertiary/aromatic N) is 1. The Labute approximate surface area is 249 Å². The van der Waals surface area contributed by atoms with Crippen molar-refractivity contribution in [3.8, 4) is 0 Å². The van der Waals surface area contributed by atoms with Gasteiger partial charge in [-0.15, -0.1) is 0 Å². The molecule has 2 fully saturated rings. The zero-order valence-electron chi connectivity index (χ0n) is 24.0. The molecule has 2 saturated heterocycles. The van der Waals surface area contributed by atoms with Crippen molar-refractivity contribution in [1.82, 2.24) is 4.90 Å². The molecule has 2 aliphatic heterocycles. The number of sulfone groups is 1. The number of piperidine rings is 1. The van der Waals surface area contributed by atoms with Gasteiger partial charge in [-0.2, -0.15) is 0 Å². The maximum atomic E-state index is 14.7. The monoisotopic (exact) mass is 609 g/mol. The number of carbonyl (C=O) groups is 1. The van der Waals surface area contributed by atoms with Crippen LogP contribution in [0.5, 0.6) is 0 Å². The van der Waals surface area contributed by atoms with Crippen molar-refractivity contribution in [2.24, 2.45) is 5.41 Å². The van der Waals surface area contributed by atoms with Crippen molar-refractivity contribution >= 4 is 38.9 Å². The van der Waals surface area contributed by atoms with Crippen LogP contribution in [0, 0.1) is 5.41 Å². The van der Waals surface area contributed by atoms with Gasteiger partial charge in [-0.05, 0) is 74.9 Å². The van der Waals surface area contributed by atoms with Crippen LogP contribution in [0.25, 0.3) is 0 Å². The molecule has 40 heavy (non-hydrogen) atoms. The lowest BCUT2D eigenvalue weighted by atomic mass is 9.66. The number of benzene rings is 2. The van der Waals surface area contributed by atoms with E-state index in [4.69, 9.17) is 32.7 Å². The van der Waals surface area contributed by atoms with Gasteiger partial charge >= 0.3 is 0 Å². The number of ether oxygens (including phenoxy) is 2. The smallest absolute Gasteiger partial charge is 0.229 e. The average Bonchev–Trinajstić information content (AvgIpc) is 3.24. The molecule has 0 bridgehead atoms. The number of hydrogen-bond acceptors (Lipinski definition) is 5. The van der Waals surface area contributed by atoms with Crippen LogP contribution < -0.4 is 0 Å². The maximum absolute atomic E-state index is 14.7. The zero-order chi connectivity index (χ0) is 29.3. The van der Waals surface area contributed by atoms with Gasteiger partial charge in [-0.3, -0.25) is 4.79 Å². The molecular weight excluding hydrogens is 569 g/mol. The van der Waals surface area contributed by atoms with Gasteiger partial charge in [0.25, 0.3) is 0 Å². The molecule has 220 valence electrons. The minimum Gasteiger partial charge on any atom is -0.348 e. The van der Waals surface area contributed by atoms with E-state index in [2.05, 4.69) is 6.07 Å². The Kier molecular flexibility index (Phi) is 9.63. The normalized spacial score (nSPS) is 27.6. The molecule has 2 aliphatic rings. The summed E-state index contributed by atoms with van der Waals surface area (Å²) < 4.78 is 37.1. The van der Waals surface area contributed by atoms with E-state index in [1.165, 1.54) is 0 Å². The summed E-state index contributed by atoms with van der Waals surface area (Å²) >= 11 is 12.8. The van der Waals surface area contributed by atoms with E-state index in [9.17, 15) is 13.2 Å². The molecule has 2 aromatic rings. The number of carbonyl (C=O) groups excluding carboxylic acids is 1. The first-order chi connectivity index (χ1) is 18.8. The first kappa shape index (κ1) is 31.3. The van der Waals surface area contributed by atoms with Gasteiger partial charge in [0.15, 0.2) is 5.79 Å². The summed E-state index contributed by atoms with van der Waals surface area (Å²) in [5, 5.41) is 1.25. The van der Waals surface area contributed by atoms with E-state index in [-0.39, 0.29) is 41.5 Å². The van der Waals surface area contributed by atoms with Crippen LogP contribution in [-0.2, 0) is 24.1 Å². The molecular formula is C31H41Cl2NO5S. The third-order valence-corrected chi connectivity index (χ3v) is 10.6. The van der Waals surface area contributed by atoms with Crippen LogP contribution in [0.15, 0.2) is 48.5 Å². The van der Waals surface area contributed by atoms with Crippen molar-refractivity contribution in [3.05, 3.63) is 69.7 Å². The van der Waals surface area contributed by atoms with E-state index in [0.717, 1.165) is 11.1 Å². The van der Waals surface area contributed by atoms with Crippen molar-refractivity contribution in [1.29, 1.82) is 0 Å². The van der Waals surface area contributed by atoms with Crippen molar-refractivity contribution in [3.63, 3.8) is 0 Å². The Morgan fingerprint density at radius 1 is 1.02 bits per heavy atom. The Morgan fingerprint density at radius 2 is 1.73 bits per heavy atom. The van der Waals surface area contributed by atoms with Gasteiger partial charge in [0.1, 0.15) is 9.84 Å². The second kappa shape index (κ2) is 12.3. The summed E-state index contributed by atoms with van der Waals surface area (Å²) in [4.78, 5) is 16.7. The number of likely N-dealkylation sites (tertiary alicyclic amines) is 1. The number of halogens is 2. The van der Waals surface area contributed by atoms with Crippen LogP contribution >= 0.6 is 23.2 Å². The maximum Gasteiger partial charge on any atom is 0.229 e. The van der Waals surface area contributed by atoms with E-state index in [1.807, 2.05) is 75.1 Å².